The molecule has 1 saturated heterocycles. The number of rotatable bonds is 4. The maximum absolute atomic E-state index is 12.0. The zero-order chi connectivity index (χ0) is 12.3. The Morgan fingerprint density at radius 2 is 2.41 bits per heavy atom. The predicted molar refractivity (Wildman–Crippen MR) is 67.6 cm³/mol. The fourth-order valence-corrected chi connectivity index (χ4v) is 3.16. The van der Waals surface area contributed by atoms with E-state index in [2.05, 4.69) is 4.98 Å². The highest BCUT2D eigenvalue weighted by Crippen LogP contribution is 2.42. The van der Waals surface area contributed by atoms with Crippen molar-refractivity contribution in [2.45, 2.75) is 17.5 Å². The van der Waals surface area contributed by atoms with E-state index >= 15 is 0 Å². The van der Waals surface area contributed by atoms with E-state index in [1.807, 2.05) is 30.2 Å². The summed E-state index contributed by atoms with van der Waals surface area (Å²) in [5.41, 5.74) is 1.08. The van der Waals surface area contributed by atoms with Crippen molar-refractivity contribution in [3.8, 4) is 0 Å². The Kier molecular flexibility index (Phi) is 4.02. The maximum Gasteiger partial charge on any atom is 0.236 e. The number of pyridine rings is 1. The SMILES string of the molecule is COCCN1C(=O)C(C)SC1c1cccnc1. The summed E-state index contributed by atoms with van der Waals surface area (Å²) < 4.78 is 5.05. The van der Waals surface area contributed by atoms with Crippen LogP contribution < -0.4 is 0 Å². The van der Waals surface area contributed by atoms with Crippen molar-refractivity contribution in [3.05, 3.63) is 30.1 Å². The van der Waals surface area contributed by atoms with Gasteiger partial charge in [-0.1, -0.05) is 6.07 Å². The number of nitrogens with zero attached hydrogens (tertiary/aromatic N) is 2. The van der Waals surface area contributed by atoms with E-state index in [-0.39, 0.29) is 16.5 Å². The Labute approximate surface area is 105 Å². The fourth-order valence-electron chi connectivity index (χ4n) is 1.87. The van der Waals surface area contributed by atoms with E-state index in [0.717, 1.165) is 5.56 Å². The third-order valence-corrected chi connectivity index (χ3v) is 4.15. The van der Waals surface area contributed by atoms with Crippen molar-refractivity contribution < 1.29 is 9.53 Å². The minimum Gasteiger partial charge on any atom is -0.383 e. The summed E-state index contributed by atoms with van der Waals surface area (Å²) in [6.07, 6.45) is 3.57. The zero-order valence-electron chi connectivity index (χ0n) is 10.00. The maximum atomic E-state index is 12.0. The molecule has 4 nitrogen and oxygen atoms in total. The van der Waals surface area contributed by atoms with Crippen molar-refractivity contribution >= 4 is 17.7 Å². The van der Waals surface area contributed by atoms with Crippen LogP contribution in [0.4, 0.5) is 0 Å². The monoisotopic (exact) mass is 252 g/mol. The van der Waals surface area contributed by atoms with Crippen molar-refractivity contribution in [2.24, 2.45) is 0 Å². The smallest absolute Gasteiger partial charge is 0.236 e. The molecule has 0 saturated carbocycles. The Balaban J connectivity index is 2.17. The Morgan fingerprint density at radius 1 is 1.59 bits per heavy atom. The zero-order valence-corrected chi connectivity index (χ0v) is 10.8. The Hall–Kier alpha value is -1.07. The Bertz CT molecular complexity index is 385. The van der Waals surface area contributed by atoms with Gasteiger partial charge in [-0.15, -0.1) is 11.8 Å². The summed E-state index contributed by atoms with van der Waals surface area (Å²) >= 11 is 1.67. The average molecular weight is 252 g/mol. The lowest BCUT2D eigenvalue weighted by atomic mass is 10.2. The summed E-state index contributed by atoms with van der Waals surface area (Å²) in [5, 5.41) is 0.0819. The second kappa shape index (κ2) is 5.51. The lowest BCUT2D eigenvalue weighted by Gasteiger charge is -2.23. The topological polar surface area (TPSA) is 42.4 Å². The van der Waals surface area contributed by atoms with Crippen molar-refractivity contribution in [2.75, 3.05) is 20.3 Å². The van der Waals surface area contributed by atoms with Gasteiger partial charge in [0.1, 0.15) is 5.37 Å². The van der Waals surface area contributed by atoms with E-state index in [9.17, 15) is 4.79 Å². The van der Waals surface area contributed by atoms with Gasteiger partial charge in [0.15, 0.2) is 0 Å². The van der Waals surface area contributed by atoms with Crippen LogP contribution in [0.2, 0.25) is 0 Å². The summed E-state index contributed by atoms with van der Waals surface area (Å²) in [6.45, 7) is 3.14. The second-order valence-corrected chi connectivity index (χ2v) is 5.37. The molecule has 2 atom stereocenters. The molecular weight excluding hydrogens is 236 g/mol. The van der Waals surface area contributed by atoms with Gasteiger partial charge in [-0.2, -0.15) is 0 Å². The van der Waals surface area contributed by atoms with Crippen LogP contribution in [0.3, 0.4) is 0 Å². The Morgan fingerprint density at radius 3 is 3.06 bits per heavy atom. The standard InChI is InChI=1S/C12H16N2O2S/c1-9-11(15)14(6-7-16-2)12(17-9)10-4-3-5-13-8-10/h3-5,8-9,12H,6-7H2,1-2H3. The van der Waals surface area contributed by atoms with E-state index in [1.54, 1.807) is 25.1 Å². The van der Waals surface area contributed by atoms with Crippen LogP contribution in [-0.2, 0) is 9.53 Å². The van der Waals surface area contributed by atoms with Crippen LogP contribution in [-0.4, -0.2) is 41.3 Å². The van der Waals surface area contributed by atoms with Crippen LogP contribution in [0.15, 0.2) is 24.5 Å². The third kappa shape index (κ3) is 2.61. The van der Waals surface area contributed by atoms with Gasteiger partial charge in [-0.05, 0) is 13.0 Å². The van der Waals surface area contributed by atoms with Crippen LogP contribution >= 0.6 is 11.8 Å². The largest absolute Gasteiger partial charge is 0.383 e. The fraction of sp³-hybridized carbons (Fsp3) is 0.500. The molecule has 17 heavy (non-hydrogen) atoms. The lowest BCUT2D eigenvalue weighted by Crippen LogP contribution is -2.33. The molecule has 2 rings (SSSR count). The summed E-state index contributed by atoms with van der Waals surface area (Å²) in [7, 11) is 1.65. The van der Waals surface area contributed by atoms with Crippen molar-refractivity contribution in [1.82, 2.24) is 9.88 Å². The molecule has 1 aromatic heterocycles. The molecule has 92 valence electrons. The first-order chi connectivity index (χ1) is 8.24. The molecule has 1 aliphatic heterocycles. The summed E-state index contributed by atoms with van der Waals surface area (Å²) in [6, 6.07) is 3.91. The molecule has 1 aliphatic rings. The highest BCUT2D eigenvalue weighted by Gasteiger charge is 2.38. The highest BCUT2D eigenvalue weighted by molar-refractivity contribution is 8.01. The van der Waals surface area contributed by atoms with Crippen LogP contribution in [0.5, 0.6) is 0 Å². The van der Waals surface area contributed by atoms with E-state index in [1.165, 1.54) is 0 Å². The normalized spacial score (nSPS) is 24.4. The average Bonchev–Trinajstić information content (AvgIpc) is 2.65. The number of carbonyl (C=O) groups excluding carboxylic acids is 1. The van der Waals surface area contributed by atoms with Gasteiger partial charge in [-0.25, -0.2) is 0 Å². The third-order valence-electron chi connectivity index (χ3n) is 2.75. The van der Waals surface area contributed by atoms with Gasteiger partial charge >= 0.3 is 0 Å². The molecule has 0 bridgehead atoms. The number of hydrogen-bond donors (Lipinski definition) is 0. The lowest BCUT2D eigenvalue weighted by molar-refractivity contribution is -0.130. The number of hydrogen-bond acceptors (Lipinski definition) is 4. The number of carbonyl (C=O) groups is 1. The first-order valence-corrected chi connectivity index (χ1v) is 6.53. The second-order valence-electron chi connectivity index (χ2n) is 3.94. The minimum atomic E-state index is 0.0112. The van der Waals surface area contributed by atoms with Crippen LogP contribution in [0.1, 0.15) is 17.9 Å². The molecule has 2 unspecified atom stereocenters. The van der Waals surface area contributed by atoms with Gasteiger partial charge in [-0.3, -0.25) is 9.78 Å². The van der Waals surface area contributed by atoms with Crippen molar-refractivity contribution in [1.29, 1.82) is 0 Å². The molecule has 0 aromatic carbocycles. The first-order valence-electron chi connectivity index (χ1n) is 5.59. The summed E-state index contributed by atoms with van der Waals surface area (Å²) in [5.74, 6) is 0.181. The molecule has 1 aromatic rings. The first kappa shape index (κ1) is 12.4. The summed E-state index contributed by atoms with van der Waals surface area (Å²) in [4.78, 5) is 18.0. The molecule has 2 heterocycles. The number of thioether (sulfide) groups is 1. The van der Waals surface area contributed by atoms with Gasteiger partial charge in [0.2, 0.25) is 5.91 Å². The molecule has 0 radical (unpaired) electrons. The van der Waals surface area contributed by atoms with E-state index in [0.29, 0.717) is 13.2 Å². The molecule has 0 aliphatic carbocycles. The van der Waals surface area contributed by atoms with Gasteiger partial charge in [0, 0.05) is 31.6 Å². The molecule has 1 fully saturated rings. The van der Waals surface area contributed by atoms with Crippen LogP contribution in [0, 0.1) is 0 Å². The highest BCUT2D eigenvalue weighted by atomic mass is 32.2. The molecule has 0 spiro atoms. The predicted octanol–water partition coefficient (Wildman–Crippen LogP) is 1.69. The number of aromatic nitrogens is 1. The molecular formula is C12H16N2O2S. The minimum absolute atomic E-state index is 0.0112. The van der Waals surface area contributed by atoms with Gasteiger partial charge < -0.3 is 9.64 Å². The number of ether oxygens (including phenoxy) is 1. The van der Waals surface area contributed by atoms with Crippen LogP contribution in [0.25, 0.3) is 0 Å². The molecule has 1 amide bonds. The van der Waals surface area contributed by atoms with Gasteiger partial charge in [0.05, 0.1) is 11.9 Å². The van der Waals surface area contributed by atoms with Crippen molar-refractivity contribution in [3.63, 3.8) is 0 Å². The molecule has 0 N–H and O–H groups in total. The van der Waals surface area contributed by atoms with E-state index in [4.69, 9.17) is 4.74 Å². The van der Waals surface area contributed by atoms with E-state index < -0.39 is 0 Å². The number of amides is 1. The molecule has 5 heteroatoms. The van der Waals surface area contributed by atoms with Gasteiger partial charge in [0.25, 0.3) is 0 Å². The number of methoxy groups -OCH3 is 1. The quantitative estimate of drug-likeness (QED) is 0.818.